The lowest BCUT2D eigenvalue weighted by Gasteiger charge is -2.21. The van der Waals surface area contributed by atoms with E-state index in [1.165, 1.54) is 75.3 Å². The van der Waals surface area contributed by atoms with Crippen molar-refractivity contribution < 1.29 is 0 Å². The van der Waals surface area contributed by atoms with Gasteiger partial charge in [0.25, 0.3) is 0 Å². The zero-order valence-corrected chi connectivity index (χ0v) is 12.7. The van der Waals surface area contributed by atoms with Crippen LogP contribution in [0.2, 0.25) is 0 Å². The molecule has 0 aliphatic heterocycles. The molecule has 0 N–H and O–H groups in total. The first kappa shape index (κ1) is 14.6. The number of aryl methyl sites for hydroxylation is 2. The monoisotopic (exact) mass is 258 g/mol. The van der Waals surface area contributed by atoms with Crippen molar-refractivity contribution in [3.05, 3.63) is 35.4 Å². The largest absolute Gasteiger partial charge is 0.0617 e. The molecule has 0 bridgehead atoms. The maximum Gasteiger partial charge on any atom is -0.0279 e. The third-order valence-corrected chi connectivity index (χ3v) is 4.70. The first-order valence-electron chi connectivity index (χ1n) is 8.46. The zero-order chi connectivity index (χ0) is 13.3. The minimum Gasteiger partial charge on any atom is -0.0617 e. The molecule has 1 fully saturated rings. The van der Waals surface area contributed by atoms with E-state index in [9.17, 15) is 0 Å². The molecule has 0 saturated heterocycles. The Labute approximate surface area is 119 Å². The molecule has 0 spiro atoms. The quantitative estimate of drug-likeness (QED) is 0.531. The van der Waals surface area contributed by atoms with Crippen LogP contribution in [-0.4, -0.2) is 0 Å². The van der Waals surface area contributed by atoms with Crippen molar-refractivity contribution in [3.8, 4) is 0 Å². The van der Waals surface area contributed by atoms with E-state index >= 15 is 0 Å². The molecule has 0 nitrogen and oxygen atoms in total. The summed E-state index contributed by atoms with van der Waals surface area (Å²) >= 11 is 0. The molecular weight excluding hydrogens is 228 g/mol. The van der Waals surface area contributed by atoms with Gasteiger partial charge in [-0.05, 0) is 36.3 Å². The molecule has 19 heavy (non-hydrogen) atoms. The summed E-state index contributed by atoms with van der Waals surface area (Å²) < 4.78 is 0. The Bertz CT molecular complexity index is 347. The molecular formula is C19H30. The Balaban J connectivity index is 1.58. The topological polar surface area (TPSA) is 0 Å². The van der Waals surface area contributed by atoms with Crippen LogP contribution in [-0.2, 0) is 12.8 Å². The smallest absolute Gasteiger partial charge is 0.0279 e. The van der Waals surface area contributed by atoms with Crippen LogP contribution in [0, 0.1) is 5.92 Å². The van der Waals surface area contributed by atoms with Gasteiger partial charge in [0, 0.05) is 0 Å². The highest BCUT2D eigenvalue weighted by Gasteiger charge is 2.12. The molecule has 1 aliphatic rings. The first-order valence-corrected chi connectivity index (χ1v) is 8.46. The van der Waals surface area contributed by atoms with Gasteiger partial charge in [0.2, 0.25) is 0 Å². The summed E-state index contributed by atoms with van der Waals surface area (Å²) in [6.45, 7) is 2.24. The second-order valence-electron chi connectivity index (χ2n) is 6.28. The summed E-state index contributed by atoms with van der Waals surface area (Å²) in [5.41, 5.74) is 3.02. The van der Waals surface area contributed by atoms with Crippen molar-refractivity contribution >= 4 is 0 Å². The number of rotatable bonds is 7. The highest BCUT2D eigenvalue weighted by Crippen LogP contribution is 2.28. The standard InChI is InChI=1S/C19H30/c1-2-17-14-9-15-19(16-17)13-8-4-7-12-18-10-5-3-6-11-18/h9,14-16,18H,2-8,10-13H2,1H3. The number of hydrogen-bond donors (Lipinski definition) is 0. The van der Waals surface area contributed by atoms with Gasteiger partial charge in [0.1, 0.15) is 0 Å². The van der Waals surface area contributed by atoms with Crippen LogP contribution in [0.1, 0.15) is 75.8 Å². The molecule has 0 heteroatoms. The lowest BCUT2D eigenvalue weighted by molar-refractivity contribution is 0.328. The minimum atomic E-state index is 1.07. The molecule has 2 rings (SSSR count). The predicted molar refractivity (Wildman–Crippen MR) is 84.6 cm³/mol. The maximum absolute atomic E-state index is 2.39. The van der Waals surface area contributed by atoms with Crippen molar-refractivity contribution in [2.75, 3.05) is 0 Å². The lowest BCUT2D eigenvalue weighted by Crippen LogP contribution is -2.05. The van der Waals surface area contributed by atoms with Crippen LogP contribution in [0.25, 0.3) is 0 Å². The molecule has 0 unspecified atom stereocenters. The second kappa shape index (κ2) is 8.40. The van der Waals surface area contributed by atoms with Gasteiger partial charge in [0.15, 0.2) is 0 Å². The Hall–Kier alpha value is -0.780. The van der Waals surface area contributed by atoms with E-state index in [0.717, 1.165) is 12.3 Å². The highest BCUT2D eigenvalue weighted by molar-refractivity contribution is 5.23. The van der Waals surface area contributed by atoms with Crippen LogP contribution in [0.5, 0.6) is 0 Å². The zero-order valence-electron chi connectivity index (χ0n) is 12.7. The summed E-state index contributed by atoms with van der Waals surface area (Å²) in [5, 5.41) is 0. The molecule has 0 radical (unpaired) electrons. The van der Waals surface area contributed by atoms with Gasteiger partial charge in [-0.1, -0.05) is 82.6 Å². The summed E-state index contributed by atoms with van der Waals surface area (Å²) in [5.74, 6) is 1.07. The van der Waals surface area contributed by atoms with E-state index in [0.29, 0.717) is 0 Å². The third kappa shape index (κ3) is 5.38. The van der Waals surface area contributed by atoms with Gasteiger partial charge < -0.3 is 0 Å². The van der Waals surface area contributed by atoms with Crippen LogP contribution >= 0.6 is 0 Å². The average Bonchev–Trinajstić information content (AvgIpc) is 2.48. The molecule has 0 heterocycles. The van der Waals surface area contributed by atoms with Gasteiger partial charge in [-0.2, -0.15) is 0 Å². The summed E-state index contributed by atoms with van der Waals surface area (Å²) in [6, 6.07) is 9.14. The highest BCUT2D eigenvalue weighted by atomic mass is 14.2. The van der Waals surface area contributed by atoms with Crippen LogP contribution < -0.4 is 0 Å². The Kier molecular flexibility index (Phi) is 6.47. The van der Waals surface area contributed by atoms with Crippen molar-refractivity contribution in [2.24, 2.45) is 5.92 Å². The maximum atomic E-state index is 2.39. The predicted octanol–water partition coefficient (Wildman–Crippen LogP) is 5.93. The van der Waals surface area contributed by atoms with Gasteiger partial charge >= 0.3 is 0 Å². The molecule has 0 aromatic heterocycles. The van der Waals surface area contributed by atoms with E-state index in [1.54, 1.807) is 0 Å². The van der Waals surface area contributed by atoms with Gasteiger partial charge in [-0.25, -0.2) is 0 Å². The van der Waals surface area contributed by atoms with E-state index in [4.69, 9.17) is 0 Å². The van der Waals surface area contributed by atoms with Gasteiger partial charge in [-0.3, -0.25) is 0 Å². The molecule has 0 atom stereocenters. The van der Waals surface area contributed by atoms with Gasteiger partial charge in [-0.15, -0.1) is 0 Å². The molecule has 1 saturated carbocycles. The lowest BCUT2D eigenvalue weighted by atomic mass is 9.85. The third-order valence-electron chi connectivity index (χ3n) is 4.70. The van der Waals surface area contributed by atoms with E-state index in [-0.39, 0.29) is 0 Å². The van der Waals surface area contributed by atoms with Crippen molar-refractivity contribution in [1.29, 1.82) is 0 Å². The molecule has 1 aliphatic carbocycles. The normalized spacial score (nSPS) is 16.7. The molecule has 1 aromatic carbocycles. The van der Waals surface area contributed by atoms with E-state index < -0.39 is 0 Å². The van der Waals surface area contributed by atoms with Crippen molar-refractivity contribution in [1.82, 2.24) is 0 Å². The van der Waals surface area contributed by atoms with Crippen molar-refractivity contribution in [2.45, 2.75) is 77.6 Å². The van der Waals surface area contributed by atoms with Crippen molar-refractivity contribution in [3.63, 3.8) is 0 Å². The fourth-order valence-electron chi connectivity index (χ4n) is 3.42. The molecule has 106 valence electrons. The second-order valence-corrected chi connectivity index (χ2v) is 6.28. The number of benzene rings is 1. The van der Waals surface area contributed by atoms with Gasteiger partial charge in [0.05, 0.1) is 0 Å². The fourth-order valence-corrected chi connectivity index (χ4v) is 3.42. The average molecular weight is 258 g/mol. The van der Waals surface area contributed by atoms with Crippen LogP contribution in [0.4, 0.5) is 0 Å². The number of hydrogen-bond acceptors (Lipinski definition) is 0. The molecule has 1 aromatic rings. The van der Waals surface area contributed by atoms with Crippen LogP contribution in [0.15, 0.2) is 24.3 Å². The summed E-state index contributed by atoms with van der Waals surface area (Å²) in [6.07, 6.45) is 15.7. The Morgan fingerprint density at radius 1 is 0.947 bits per heavy atom. The molecule has 0 amide bonds. The Morgan fingerprint density at radius 2 is 1.74 bits per heavy atom. The Morgan fingerprint density at radius 3 is 2.53 bits per heavy atom. The minimum absolute atomic E-state index is 1.07. The summed E-state index contributed by atoms with van der Waals surface area (Å²) in [7, 11) is 0. The SMILES string of the molecule is CCc1cccc(CCCCCC2CCCCC2)c1. The first-order chi connectivity index (χ1) is 9.38. The van der Waals surface area contributed by atoms with E-state index in [2.05, 4.69) is 31.2 Å². The number of unbranched alkanes of at least 4 members (excludes halogenated alkanes) is 2. The fraction of sp³-hybridized carbons (Fsp3) is 0.684. The van der Waals surface area contributed by atoms with E-state index in [1.807, 2.05) is 0 Å². The summed E-state index contributed by atoms with van der Waals surface area (Å²) in [4.78, 5) is 0. The van der Waals surface area contributed by atoms with Crippen LogP contribution in [0.3, 0.4) is 0 Å².